The molecule has 2 rings (SSSR count). The summed E-state index contributed by atoms with van der Waals surface area (Å²) in [5.74, 6) is -0.0745. The first-order valence-corrected chi connectivity index (χ1v) is 7.42. The van der Waals surface area contributed by atoms with Crippen LogP contribution in [0.2, 0.25) is 0 Å². The molecule has 108 valence electrons. The highest BCUT2D eigenvalue weighted by Crippen LogP contribution is 2.18. The summed E-state index contributed by atoms with van der Waals surface area (Å²) >= 11 is 0. The second kappa shape index (κ2) is 7.13. The molecule has 0 N–H and O–H groups in total. The normalized spacial score (nSPS) is 10.9. The van der Waals surface area contributed by atoms with E-state index in [1.807, 2.05) is 6.92 Å². The number of benzene rings is 1. The Bertz CT molecular complexity index is 571. The number of ether oxygens (including phenoxy) is 1. The van der Waals surface area contributed by atoms with E-state index in [4.69, 9.17) is 4.74 Å². The number of aryl methyl sites for hydroxylation is 2. The molecule has 1 heterocycles. The zero-order chi connectivity index (χ0) is 14.4. The van der Waals surface area contributed by atoms with Crippen molar-refractivity contribution in [2.75, 3.05) is 6.61 Å². The second-order valence-corrected chi connectivity index (χ2v) is 5.19. The lowest BCUT2D eigenvalue weighted by molar-refractivity contribution is -0.143. The van der Waals surface area contributed by atoms with Gasteiger partial charge in [-0.05, 0) is 49.8 Å². The van der Waals surface area contributed by atoms with Crippen molar-refractivity contribution < 1.29 is 9.53 Å². The standard InChI is InChI=1S/C17H23NO2/c1-3-20-17(19)7-5-4-6-11-18-12-10-15-9-8-14(2)13-16(15)18/h8-10,12-13H,3-7,11H2,1-2H3. The monoisotopic (exact) mass is 273 g/mol. The molecule has 0 unspecified atom stereocenters. The van der Waals surface area contributed by atoms with E-state index in [0.717, 1.165) is 25.8 Å². The van der Waals surface area contributed by atoms with Gasteiger partial charge in [0, 0.05) is 24.7 Å². The van der Waals surface area contributed by atoms with Crippen LogP contribution in [0.5, 0.6) is 0 Å². The van der Waals surface area contributed by atoms with Gasteiger partial charge in [0.2, 0.25) is 0 Å². The summed E-state index contributed by atoms with van der Waals surface area (Å²) in [6, 6.07) is 8.70. The summed E-state index contributed by atoms with van der Waals surface area (Å²) in [7, 11) is 0. The molecule has 0 fully saturated rings. The number of nitrogens with zero attached hydrogens (tertiary/aromatic N) is 1. The highest BCUT2D eigenvalue weighted by molar-refractivity contribution is 5.80. The lowest BCUT2D eigenvalue weighted by atomic mass is 10.2. The van der Waals surface area contributed by atoms with Crippen LogP contribution in [0.4, 0.5) is 0 Å². The lowest BCUT2D eigenvalue weighted by Gasteiger charge is -2.06. The Kier molecular flexibility index (Phi) is 5.22. The van der Waals surface area contributed by atoms with E-state index in [9.17, 15) is 4.79 Å². The van der Waals surface area contributed by atoms with Crippen molar-refractivity contribution in [3.8, 4) is 0 Å². The van der Waals surface area contributed by atoms with Gasteiger partial charge in [-0.15, -0.1) is 0 Å². The first-order valence-electron chi connectivity index (χ1n) is 7.42. The van der Waals surface area contributed by atoms with Gasteiger partial charge in [0.25, 0.3) is 0 Å². The summed E-state index contributed by atoms with van der Waals surface area (Å²) in [6.07, 6.45) is 5.76. The number of hydrogen-bond acceptors (Lipinski definition) is 2. The van der Waals surface area contributed by atoms with Crippen molar-refractivity contribution in [3.63, 3.8) is 0 Å². The molecule has 0 radical (unpaired) electrons. The fourth-order valence-electron chi connectivity index (χ4n) is 2.45. The maximum Gasteiger partial charge on any atom is 0.305 e. The Morgan fingerprint density at radius 1 is 1.20 bits per heavy atom. The molecule has 0 saturated heterocycles. The highest BCUT2D eigenvalue weighted by Gasteiger charge is 2.03. The number of fused-ring (bicyclic) bond motifs is 1. The minimum absolute atomic E-state index is 0.0745. The van der Waals surface area contributed by atoms with Gasteiger partial charge in [0.05, 0.1) is 6.61 Å². The first kappa shape index (κ1) is 14.6. The number of aromatic nitrogens is 1. The fourth-order valence-corrected chi connectivity index (χ4v) is 2.45. The molecular formula is C17H23NO2. The minimum Gasteiger partial charge on any atom is -0.466 e. The van der Waals surface area contributed by atoms with Gasteiger partial charge >= 0.3 is 5.97 Å². The van der Waals surface area contributed by atoms with Gasteiger partial charge in [-0.2, -0.15) is 0 Å². The Morgan fingerprint density at radius 3 is 2.85 bits per heavy atom. The van der Waals surface area contributed by atoms with Gasteiger partial charge in [0.1, 0.15) is 0 Å². The number of esters is 1. The Labute approximate surface area is 120 Å². The van der Waals surface area contributed by atoms with Crippen LogP contribution < -0.4 is 0 Å². The van der Waals surface area contributed by atoms with Crippen molar-refractivity contribution in [1.29, 1.82) is 0 Å². The zero-order valence-electron chi connectivity index (χ0n) is 12.4. The van der Waals surface area contributed by atoms with Crippen molar-refractivity contribution in [3.05, 3.63) is 36.0 Å². The Balaban J connectivity index is 1.78. The third kappa shape index (κ3) is 3.86. The predicted octanol–water partition coefficient (Wildman–Crippen LogP) is 4.07. The number of hydrogen-bond donors (Lipinski definition) is 0. The molecule has 0 bridgehead atoms. The molecule has 0 aliphatic heterocycles. The van der Waals surface area contributed by atoms with Crippen LogP contribution >= 0.6 is 0 Å². The molecule has 0 atom stereocenters. The second-order valence-electron chi connectivity index (χ2n) is 5.19. The lowest BCUT2D eigenvalue weighted by Crippen LogP contribution is -2.03. The van der Waals surface area contributed by atoms with Gasteiger partial charge in [0.15, 0.2) is 0 Å². The number of carbonyl (C=O) groups excluding carboxylic acids is 1. The molecule has 0 saturated carbocycles. The van der Waals surface area contributed by atoms with E-state index in [1.54, 1.807) is 0 Å². The van der Waals surface area contributed by atoms with Crippen molar-refractivity contribution in [2.24, 2.45) is 0 Å². The average molecular weight is 273 g/mol. The highest BCUT2D eigenvalue weighted by atomic mass is 16.5. The molecule has 3 nitrogen and oxygen atoms in total. The predicted molar refractivity (Wildman–Crippen MR) is 81.8 cm³/mol. The molecule has 0 aliphatic carbocycles. The molecule has 0 spiro atoms. The maximum absolute atomic E-state index is 11.2. The summed E-state index contributed by atoms with van der Waals surface area (Å²) in [5.41, 5.74) is 2.59. The minimum atomic E-state index is -0.0745. The third-order valence-electron chi connectivity index (χ3n) is 3.51. The van der Waals surface area contributed by atoms with Gasteiger partial charge < -0.3 is 9.30 Å². The maximum atomic E-state index is 11.2. The first-order chi connectivity index (χ1) is 9.70. The SMILES string of the molecule is CCOC(=O)CCCCCn1ccc2ccc(C)cc21. The topological polar surface area (TPSA) is 31.2 Å². The summed E-state index contributed by atoms with van der Waals surface area (Å²) in [5, 5.41) is 1.29. The van der Waals surface area contributed by atoms with Crippen LogP contribution in [0.25, 0.3) is 10.9 Å². The van der Waals surface area contributed by atoms with E-state index in [0.29, 0.717) is 13.0 Å². The van der Waals surface area contributed by atoms with Crippen LogP contribution in [-0.2, 0) is 16.1 Å². The molecule has 0 aliphatic rings. The van der Waals surface area contributed by atoms with Crippen molar-refractivity contribution in [1.82, 2.24) is 4.57 Å². The molecule has 2 aromatic rings. The Hall–Kier alpha value is -1.77. The summed E-state index contributed by atoms with van der Waals surface area (Å²) < 4.78 is 7.22. The van der Waals surface area contributed by atoms with E-state index in [-0.39, 0.29) is 5.97 Å². The third-order valence-corrected chi connectivity index (χ3v) is 3.51. The van der Waals surface area contributed by atoms with Crippen molar-refractivity contribution >= 4 is 16.9 Å². The molecule has 20 heavy (non-hydrogen) atoms. The van der Waals surface area contributed by atoms with Crippen LogP contribution in [0.15, 0.2) is 30.5 Å². The molecule has 0 amide bonds. The molecule has 3 heteroatoms. The molecule has 1 aromatic carbocycles. The van der Waals surface area contributed by atoms with Crippen LogP contribution in [0.3, 0.4) is 0 Å². The van der Waals surface area contributed by atoms with Gasteiger partial charge in [-0.25, -0.2) is 0 Å². The van der Waals surface area contributed by atoms with Crippen LogP contribution in [0.1, 0.15) is 38.2 Å². The smallest absolute Gasteiger partial charge is 0.305 e. The number of rotatable bonds is 7. The number of unbranched alkanes of at least 4 members (excludes halogenated alkanes) is 2. The Morgan fingerprint density at radius 2 is 2.05 bits per heavy atom. The van der Waals surface area contributed by atoms with Gasteiger partial charge in [-0.3, -0.25) is 4.79 Å². The average Bonchev–Trinajstić information content (AvgIpc) is 2.81. The van der Waals surface area contributed by atoms with E-state index in [1.165, 1.54) is 16.5 Å². The summed E-state index contributed by atoms with van der Waals surface area (Å²) in [4.78, 5) is 11.2. The summed E-state index contributed by atoms with van der Waals surface area (Å²) in [6.45, 7) is 5.45. The van der Waals surface area contributed by atoms with E-state index >= 15 is 0 Å². The molecule has 1 aromatic heterocycles. The van der Waals surface area contributed by atoms with Gasteiger partial charge in [-0.1, -0.05) is 18.6 Å². The quantitative estimate of drug-likeness (QED) is 0.562. The van der Waals surface area contributed by atoms with E-state index in [2.05, 4.69) is 42.0 Å². The van der Waals surface area contributed by atoms with Crippen LogP contribution in [0, 0.1) is 6.92 Å². The molecular weight excluding hydrogens is 250 g/mol. The van der Waals surface area contributed by atoms with Crippen LogP contribution in [-0.4, -0.2) is 17.1 Å². The van der Waals surface area contributed by atoms with E-state index < -0.39 is 0 Å². The van der Waals surface area contributed by atoms with Crippen molar-refractivity contribution in [2.45, 2.75) is 46.1 Å². The number of carbonyl (C=O) groups is 1. The zero-order valence-corrected chi connectivity index (χ0v) is 12.4. The largest absolute Gasteiger partial charge is 0.466 e. The fraction of sp³-hybridized carbons (Fsp3) is 0.471.